The van der Waals surface area contributed by atoms with Gasteiger partial charge in [-0.2, -0.15) is 13.2 Å². The predicted molar refractivity (Wildman–Crippen MR) is 56.3 cm³/mol. The minimum Gasteiger partial charge on any atom is -0.271 e. The van der Waals surface area contributed by atoms with Gasteiger partial charge in [-0.1, -0.05) is 24.3 Å². The molecule has 0 bridgehead atoms. The average molecular weight is 230 g/mol. The molecule has 3 N–H and O–H groups in total. The normalized spacial score (nSPS) is 13.6. The Kier molecular flexibility index (Phi) is 3.72. The van der Waals surface area contributed by atoms with Crippen molar-refractivity contribution in [2.75, 3.05) is 0 Å². The largest absolute Gasteiger partial charge is 0.416 e. The molecular formula is C11H13F3N2. The summed E-state index contributed by atoms with van der Waals surface area (Å²) < 4.78 is 37.4. The zero-order valence-corrected chi connectivity index (χ0v) is 8.81. The number of nitrogens with two attached hydrogens (primary N) is 1. The molecule has 0 heterocycles. The molecule has 0 fully saturated rings. The van der Waals surface area contributed by atoms with E-state index in [0.717, 1.165) is 12.1 Å². The molecule has 0 radical (unpaired) electrons. The summed E-state index contributed by atoms with van der Waals surface area (Å²) in [6.07, 6.45) is -4.34. The van der Waals surface area contributed by atoms with Gasteiger partial charge in [-0.15, -0.1) is 0 Å². The van der Waals surface area contributed by atoms with Gasteiger partial charge >= 0.3 is 6.18 Å². The third-order valence-corrected chi connectivity index (χ3v) is 2.21. The van der Waals surface area contributed by atoms with Gasteiger partial charge in [-0.25, -0.2) is 5.43 Å². The molecule has 1 rings (SSSR count). The van der Waals surface area contributed by atoms with E-state index in [0.29, 0.717) is 11.1 Å². The zero-order valence-electron chi connectivity index (χ0n) is 8.81. The Morgan fingerprint density at radius 2 is 2.06 bits per heavy atom. The van der Waals surface area contributed by atoms with Gasteiger partial charge in [0.05, 0.1) is 11.6 Å². The van der Waals surface area contributed by atoms with E-state index in [9.17, 15) is 13.2 Å². The van der Waals surface area contributed by atoms with Crippen molar-refractivity contribution >= 4 is 0 Å². The fourth-order valence-electron chi connectivity index (χ4n) is 1.42. The number of rotatable bonds is 3. The molecule has 0 saturated heterocycles. The van der Waals surface area contributed by atoms with Gasteiger partial charge in [0.25, 0.3) is 0 Å². The summed E-state index contributed by atoms with van der Waals surface area (Å²) in [4.78, 5) is 0. The van der Waals surface area contributed by atoms with Gasteiger partial charge < -0.3 is 0 Å². The molecule has 0 aliphatic heterocycles. The summed E-state index contributed by atoms with van der Waals surface area (Å²) in [5, 5.41) is 0. The maximum atomic E-state index is 12.5. The molecule has 0 aromatic heterocycles. The lowest BCUT2D eigenvalue weighted by Gasteiger charge is -2.17. The number of nitrogens with one attached hydrogen (secondary N) is 1. The topological polar surface area (TPSA) is 38.0 Å². The highest BCUT2D eigenvalue weighted by Gasteiger charge is 2.30. The zero-order chi connectivity index (χ0) is 12.3. The van der Waals surface area contributed by atoms with Crippen molar-refractivity contribution in [3.8, 4) is 0 Å². The maximum absolute atomic E-state index is 12.5. The Balaban J connectivity index is 3.11. The third-order valence-electron chi connectivity index (χ3n) is 2.21. The first kappa shape index (κ1) is 12.7. The fourth-order valence-corrected chi connectivity index (χ4v) is 1.42. The van der Waals surface area contributed by atoms with E-state index in [1.807, 2.05) is 0 Å². The molecule has 1 atom stereocenters. The van der Waals surface area contributed by atoms with Crippen molar-refractivity contribution in [1.82, 2.24) is 5.43 Å². The molecule has 1 aromatic carbocycles. The first-order valence-electron chi connectivity index (χ1n) is 4.65. The van der Waals surface area contributed by atoms with Crippen LogP contribution >= 0.6 is 0 Å². The van der Waals surface area contributed by atoms with Gasteiger partial charge in [0.15, 0.2) is 0 Å². The second kappa shape index (κ2) is 4.67. The molecule has 0 aliphatic rings. The highest BCUT2D eigenvalue weighted by molar-refractivity contribution is 5.31. The Bertz CT molecular complexity index is 385. The fraction of sp³-hybridized carbons (Fsp3) is 0.273. The lowest BCUT2D eigenvalue weighted by molar-refractivity contribution is -0.137. The van der Waals surface area contributed by atoms with Crippen LogP contribution < -0.4 is 11.3 Å². The molecule has 1 unspecified atom stereocenters. The average Bonchev–Trinajstić information content (AvgIpc) is 2.17. The highest BCUT2D eigenvalue weighted by Crippen LogP contribution is 2.31. The molecule has 88 valence electrons. The number of halogens is 3. The van der Waals surface area contributed by atoms with Crippen LogP contribution in [0, 0.1) is 0 Å². The summed E-state index contributed by atoms with van der Waals surface area (Å²) in [7, 11) is 0. The number of hydrogen-bond acceptors (Lipinski definition) is 2. The van der Waals surface area contributed by atoms with Crippen molar-refractivity contribution in [3.63, 3.8) is 0 Å². The molecular weight excluding hydrogens is 217 g/mol. The standard InChI is InChI=1S/C11H13F3N2/c1-7(2)10(16-15)8-4-3-5-9(6-8)11(12,13)14/h3-6,10,16H,1,15H2,2H3. The van der Waals surface area contributed by atoms with E-state index in [2.05, 4.69) is 12.0 Å². The van der Waals surface area contributed by atoms with Gasteiger partial charge in [-0.3, -0.25) is 5.84 Å². The first-order chi connectivity index (χ1) is 7.36. The number of alkyl halides is 3. The van der Waals surface area contributed by atoms with E-state index in [1.54, 1.807) is 13.0 Å². The maximum Gasteiger partial charge on any atom is 0.416 e. The molecule has 0 amide bonds. The van der Waals surface area contributed by atoms with E-state index in [1.165, 1.54) is 6.07 Å². The van der Waals surface area contributed by atoms with Gasteiger partial charge in [0.2, 0.25) is 0 Å². The molecule has 16 heavy (non-hydrogen) atoms. The predicted octanol–water partition coefficient (Wildman–Crippen LogP) is 2.79. The summed E-state index contributed by atoms with van der Waals surface area (Å²) in [5.41, 5.74) is 2.84. The quantitative estimate of drug-likeness (QED) is 0.476. The lowest BCUT2D eigenvalue weighted by Crippen LogP contribution is -2.28. The summed E-state index contributed by atoms with van der Waals surface area (Å²) in [6.45, 7) is 5.37. The monoisotopic (exact) mass is 230 g/mol. The lowest BCUT2D eigenvalue weighted by atomic mass is 9.99. The van der Waals surface area contributed by atoms with Gasteiger partial charge in [-0.05, 0) is 24.6 Å². The van der Waals surface area contributed by atoms with Crippen LogP contribution in [-0.4, -0.2) is 0 Å². The molecule has 0 saturated carbocycles. The Morgan fingerprint density at radius 1 is 1.44 bits per heavy atom. The summed E-state index contributed by atoms with van der Waals surface area (Å²) in [6, 6.07) is 4.55. The number of benzene rings is 1. The SMILES string of the molecule is C=C(C)C(NN)c1cccc(C(F)(F)F)c1. The Hall–Kier alpha value is -1.33. The molecule has 0 aliphatic carbocycles. The van der Waals surface area contributed by atoms with Crippen molar-refractivity contribution in [1.29, 1.82) is 0 Å². The second-order valence-corrected chi connectivity index (χ2v) is 3.57. The first-order valence-corrected chi connectivity index (χ1v) is 4.65. The van der Waals surface area contributed by atoms with E-state index in [-0.39, 0.29) is 0 Å². The Labute approximate surface area is 91.9 Å². The van der Waals surface area contributed by atoms with Crippen LogP contribution in [0.2, 0.25) is 0 Å². The van der Waals surface area contributed by atoms with Gasteiger partial charge in [0.1, 0.15) is 0 Å². The minimum atomic E-state index is -4.34. The van der Waals surface area contributed by atoms with Crippen LogP contribution in [0.4, 0.5) is 13.2 Å². The summed E-state index contributed by atoms with van der Waals surface area (Å²) >= 11 is 0. The molecule has 2 nitrogen and oxygen atoms in total. The van der Waals surface area contributed by atoms with Crippen LogP contribution in [0.5, 0.6) is 0 Å². The third kappa shape index (κ3) is 2.84. The van der Waals surface area contributed by atoms with Crippen LogP contribution in [0.3, 0.4) is 0 Å². The van der Waals surface area contributed by atoms with Gasteiger partial charge in [0, 0.05) is 0 Å². The van der Waals surface area contributed by atoms with E-state index in [4.69, 9.17) is 5.84 Å². The van der Waals surface area contributed by atoms with E-state index >= 15 is 0 Å². The van der Waals surface area contributed by atoms with Crippen LogP contribution in [0.25, 0.3) is 0 Å². The van der Waals surface area contributed by atoms with Crippen molar-refractivity contribution in [2.24, 2.45) is 5.84 Å². The molecule has 0 spiro atoms. The number of hydrazine groups is 1. The minimum absolute atomic E-state index is 0.449. The molecule has 1 aromatic rings. The second-order valence-electron chi connectivity index (χ2n) is 3.57. The Morgan fingerprint density at radius 3 is 2.50 bits per heavy atom. The smallest absolute Gasteiger partial charge is 0.271 e. The van der Waals surface area contributed by atoms with Crippen LogP contribution in [-0.2, 0) is 6.18 Å². The summed E-state index contributed by atoms with van der Waals surface area (Å²) in [5.74, 6) is 5.27. The van der Waals surface area contributed by atoms with Crippen LogP contribution in [0.15, 0.2) is 36.4 Å². The van der Waals surface area contributed by atoms with Crippen molar-refractivity contribution in [3.05, 3.63) is 47.5 Å². The van der Waals surface area contributed by atoms with Crippen LogP contribution in [0.1, 0.15) is 24.1 Å². The molecule has 5 heteroatoms. The van der Waals surface area contributed by atoms with E-state index < -0.39 is 17.8 Å². The van der Waals surface area contributed by atoms with Crippen molar-refractivity contribution < 1.29 is 13.2 Å². The van der Waals surface area contributed by atoms with Crippen molar-refractivity contribution in [2.45, 2.75) is 19.1 Å². The number of hydrogen-bond donors (Lipinski definition) is 2. The highest BCUT2D eigenvalue weighted by atomic mass is 19.4.